The molecule has 1 N–H and O–H groups in total. The standard InChI is InChI=1S/C29H32N4O3/c1-20-11-12-27(36-20)28-25-9-3-4-10-26(25)29(35)33(31-28)16-6-15-32-17-13-22(14-18-32)23-7-5-8-24(19-23)30-21(2)34/h3-5,7-12,19,22H,6,13-18H2,1-2H3,(H,30,34). The molecule has 1 fully saturated rings. The molecule has 0 radical (unpaired) electrons. The predicted molar refractivity (Wildman–Crippen MR) is 142 cm³/mol. The number of anilines is 1. The summed E-state index contributed by atoms with van der Waals surface area (Å²) >= 11 is 0. The number of piperidine rings is 1. The Morgan fingerprint density at radius 1 is 1.03 bits per heavy atom. The Morgan fingerprint density at radius 2 is 1.81 bits per heavy atom. The Labute approximate surface area is 210 Å². The number of carbonyl (C=O) groups excluding carboxylic acids is 1. The zero-order valence-electron chi connectivity index (χ0n) is 20.9. The van der Waals surface area contributed by atoms with Crippen LogP contribution < -0.4 is 10.9 Å². The van der Waals surface area contributed by atoms with Gasteiger partial charge in [0.2, 0.25) is 5.91 Å². The second kappa shape index (κ2) is 10.5. The molecule has 0 saturated carbocycles. The molecule has 0 spiro atoms. The Balaban J connectivity index is 1.22. The van der Waals surface area contributed by atoms with Crippen molar-refractivity contribution < 1.29 is 9.21 Å². The molecule has 2 aromatic heterocycles. The summed E-state index contributed by atoms with van der Waals surface area (Å²) in [5.41, 5.74) is 2.80. The fourth-order valence-corrected chi connectivity index (χ4v) is 5.14. The predicted octanol–water partition coefficient (Wildman–Crippen LogP) is 5.19. The Bertz CT molecular complexity index is 1430. The van der Waals surface area contributed by atoms with Gasteiger partial charge in [-0.2, -0.15) is 5.10 Å². The molecule has 0 aliphatic carbocycles. The molecular formula is C29H32N4O3. The highest BCUT2D eigenvalue weighted by Gasteiger charge is 2.21. The van der Waals surface area contributed by atoms with E-state index in [1.54, 1.807) is 4.68 Å². The van der Waals surface area contributed by atoms with Crippen molar-refractivity contribution >= 4 is 22.4 Å². The first-order chi connectivity index (χ1) is 17.5. The van der Waals surface area contributed by atoms with Crippen LogP contribution in [-0.4, -0.2) is 40.2 Å². The van der Waals surface area contributed by atoms with E-state index in [-0.39, 0.29) is 11.5 Å². The summed E-state index contributed by atoms with van der Waals surface area (Å²) < 4.78 is 7.43. The number of rotatable bonds is 7. The number of benzene rings is 2. The minimum Gasteiger partial charge on any atom is -0.460 e. The molecule has 5 rings (SSSR count). The fraction of sp³-hybridized carbons (Fsp3) is 0.345. The van der Waals surface area contributed by atoms with Crippen molar-refractivity contribution in [2.24, 2.45) is 0 Å². The van der Waals surface area contributed by atoms with E-state index in [1.807, 2.05) is 55.5 Å². The van der Waals surface area contributed by atoms with Crippen LogP contribution in [0.4, 0.5) is 5.69 Å². The molecule has 4 aromatic rings. The number of hydrogen-bond acceptors (Lipinski definition) is 5. The van der Waals surface area contributed by atoms with Gasteiger partial charge in [0, 0.05) is 24.5 Å². The molecule has 1 aliphatic rings. The smallest absolute Gasteiger partial charge is 0.274 e. The molecule has 7 nitrogen and oxygen atoms in total. The molecule has 0 bridgehead atoms. The van der Waals surface area contributed by atoms with E-state index in [4.69, 9.17) is 9.52 Å². The maximum absolute atomic E-state index is 13.1. The average Bonchev–Trinajstić information content (AvgIpc) is 3.31. The SMILES string of the molecule is CC(=O)Nc1cccc(C2CCN(CCCn3nc(-c4ccc(C)o4)c4ccccc4c3=O)CC2)c1. The van der Waals surface area contributed by atoms with Crippen LogP contribution in [0.5, 0.6) is 0 Å². The molecule has 186 valence electrons. The van der Waals surface area contributed by atoms with Crippen LogP contribution in [0, 0.1) is 6.92 Å². The monoisotopic (exact) mass is 484 g/mol. The second-order valence-corrected chi connectivity index (χ2v) is 9.61. The van der Waals surface area contributed by atoms with Gasteiger partial charge in [0.05, 0.1) is 5.39 Å². The number of nitrogens with one attached hydrogen (secondary N) is 1. The van der Waals surface area contributed by atoms with Crippen LogP contribution in [0.25, 0.3) is 22.2 Å². The van der Waals surface area contributed by atoms with Crippen molar-refractivity contribution in [2.75, 3.05) is 25.0 Å². The lowest BCUT2D eigenvalue weighted by atomic mass is 9.89. The minimum absolute atomic E-state index is 0.0478. The van der Waals surface area contributed by atoms with Gasteiger partial charge in [-0.25, -0.2) is 4.68 Å². The lowest BCUT2D eigenvalue weighted by Crippen LogP contribution is -2.34. The number of furan rings is 1. The number of hydrogen-bond donors (Lipinski definition) is 1. The molecule has 1 amide bonds. The summed E-state index contributed by atoms with van der Waals surface area (Å²) in [6.07, 6.45) is 3.02. The summed E-state index contributed by atoms with van der Waals surface area (Å²) in [5, 5.41) is 9.07. The Kier molecular flexibility index (Phi) is 7.00. The van der Waals surface area contributed by atoms with Crippen LogP contribution >= 0.6 is 0 Å². The first-order valence-electron chi connectivity index (χ1n) is 12.6. The normalized spacial score (nSPS) is 14.8. The third-order valence-electron chi connectivity index (χ3n) is 6.95. The molecule has 1 saturated heterocycles. The zero-order valence-corrected chi connectivity index (χ0v) is 20.9. The van der Waals surface area contributed by atoms with Crippen molar-refractivity contribution in [1.29, 1.82) is 0 Å². The fourth-order valence-electron chi connectivity index (χ4n) is 5.14. The van der Waals surface area contributed by atoms with Crippen molar-refractivity contribution in [1.82, 2.24) is 14.7 Å². The summed E-state index contributed by atoms with van der Waals surface area (Å²) in [5.74, 6) is 1.95. The topological polar surface area (TPSA) is 80.4 Å². The van der Waals surface area contributed by atoms with Gasteiger partial charge in [-0.05, 0) is 87.6 Å². The zero-order chi connectivity index (χ0) is 25.1. The number of likely N-dealkylation sites (tertiary alicyclic amines) is 1. The minimum atomic E-state index is -0.0598. The molecular weight excluding hydrogens is 452 g/mol. The summed E-state index contributed by atoms with van der Waals surface area (Å²) in [6, 6.07) is 19.6. The van der Waals surface area contributed by atoms with Gasteiger partial charge in [-0.15, -0.1) is 0 Å². The van der Waals surface area contributed by atoms with Crippen molar-refractivity contribution in [3.05, 3.63) is 82.3 Å². The van der Waals surface area contributed by atoms with Crippen LogP contribution in [-0.2, 0) is 11.3 Å². The lowest BCUT2D eigenvalue weighted by molar-refractivity contribution is -0.114. The van der Waals surface area contributed by atoms with Crippen molar-refractivity contribution in [3.8, 4) is 11.5 Å². The van der Waals surface area contributed by atoms with E-state index in [9.17, 15) is 9.59 Å². The van der Waals surface area contributed by atoms with Gasteiger partial charge in [0.1, 0.15) is 11.5 Å². The first kappa shape index (κ1) is 24.0. The van der Waals surface area contributed by atoms with Gasteiger partial charge in [-0.3, -0.25) is 9.59 Å². The Morgan fingerprint density at radius 3 is 2.53 bits per heavy atom. The molecule has 1 aliphatic heterocycles. The summed E-state index contributed by atoms with van der Waals surface area (Å²) in [7, 11) is 0. The highest BCUT2D eigenvalue weighted by atomic mass is 16.3. The largest absolute Gasteiger partial charge is 0.460 e. The van der Waals surface area contributed by atoms with Gasteiger partial charge in [-0.1, -0.05) is 30.3 Å². The number of fused-ring (bicyclic) bond motifs is 1. The van der Waals surface area contributed by atoms with Gasteiger partial charge in [0.15, 0.2) is 5.76 Å². The van der Waals surface area contributed by atoms with E-state index < -0.39 is 0 Å². The van der Waals surface area contributed by atoms with Crippen LogP contribution in [0.3, 0.4) is 0 Å². The van der Waals surface area contributed by atoms with E-state index >= 15 is 0 Å². The molecule has 2 aromatic carbocycles. The van der Waals surface area contributed by atoms with E-state index in [2.05, 4.69) is 22.3 Å². The quantitative estimate of drug-likeness (QED) is 0.390. The summed E-state index contributed by atoms with van der Waals surface area (Å²) in [6.45, 7) is 6.97. The van der Waals surface area contributed by atoms with Gasteiger partial charge in [0.25, 0.3) is 5.56 Å². The van der Waals surface area contributed by atoms with Crippen molar-refractivity contribution in [2.45, 2.75) is 45.6 Å². The second-order valence-electron chi connectivity index (χ2n) is 9.61. The van der Waals surface area contributed by atoms with Gasteiger partial charge >= 0.3 is 0 Å². The number of carbonyl (C=O) groups is 1. The molecule has 0 unspecified atom stereocenters. The van der Waals surface area contributed by atoms with E-state index in [0.29, 0.717) is 29.3 Å². The maximum Gasteiger partial charge on any atom is 0.274 e. The lowest BCUT2D eigenvalue weighted by Gasteiger charge is -2.32. The number of nitrogens with zero attached hydrogens (tertiary/aromatic N) is 3. The van der Waals surface area contributed by atoms with E-state index in [0.717, 1.165) is 55.7 Å². The van der Waals surface area contributed by atoms with Crippen molar-refractivity contribution in [3.63, 3.8) is 0 Å². The van der Waals surface area contributed by atoms with Gasteiger partial charge < -0.3 is 14.6 Å². The molecule has 7 heteroatoms. The average molecular weight is 485 g/mol. The number of amides is 1. The highest BCUT2D eigenvalue weighted by Crippen LogP contribution is 2.30. The maximum atomic E-state index is 13.1. The molecule has 3 heterocycles. The van der Waals surface area contributed by atoms with Crippen LogP contribution in [0.1, 0.15) is 43.4 Å². The number of aryl methyl sites for hydroxylation is 2. The highest BCUT2D eigenvalue weighted by molar-refractivity contribution is 5.92. The first-order valence-corrected chi connectivity index (χ1v) is 12.6. The molecule has 36 heavy (non-hydrogen) atoms. The van der Waals surface area contributed by atoms with Crippen LogP contribution in [0.2, 0.25) is 0 Å². The van der Waals surface area contributed by atoms with E-state index in [1.165, 1.54) is 12.5 Å². The molecule has 0 atom stereocenters. The van der Waals surface area contributed by atoms with Crippen LogP contribution in [0.15, 0.2) is 69.9 Å². The summed E-state index contributed by atoms with van der Waals surface area (Å²) in [4.78, 5) is 27.0. The third-order valence-corrected chi connectivity index (χ3v) is 6.95. The number of aromatic nitrogens is 2. The third kappa shape index (κ3) is 5.26. The Hall–Kier alpha value is -3.71.